The van der Waals surface area contributed by atoms with Crippen LogP contribution >= 0.6 is 11.8 Å². The highest BCUT2D eigenvalue weighted by atomic mass is 32.2. The molecule has 1 aromatic carbocycles. The Bertz CT molecular complexity index is 410. The van der Waals surface area contributed by atoms with Gasteiger partial charge in [-0.2, -0.15) is 0 Å². The zero-order valence-electron chi connectivity index (χ0n) is 9.16. The Hall–Kier alpha value is -0.960. The minimum atomic E-state index is -0.306. The van der Waals surface area contributed by atoms with Gasteiger partial charge in [-0.3, -0.25) is 4.79 Å². The lowest BCUT2D eigenvalue weighted by atomic mass is 9.95. The molecule has 1 aliphatic heterocycles. The molecule has 15 heavy (non-hydrogen) atoms. The Kier molecular flexibility index (Phi) is 2.51. The summed E-state index contributed by atoms with van der Waals surface area (Å²) in [6.45, 7) is 3.95. The summed E-state index contributed by atoms with van der Waals surface area (Å²) < 4.78 is 4.96. The van der Waals surface area contributed by atoms with Crippen molar-refractivity contribution in [2.75, 3.05) is 7.11 Å². The molecule has 0 amide bonds. The molecule has 0 unspecified atom stereocenters. The van der Waals surface area contributed by atoms with Crippen LogP contribution in [0.4, 0.5) is 0 Å². The smallest absolute Gasteiger partial charge is 0.178 e. The van der Waals surface area contributed by atoms with Crippen LogP contribution in [0, 0.1) is 0 Å². The Morgan fingerprint density at radius 1 is 1.40 bits per heavy atom. The molecule has 0 N–H and O–H groups in total. The molecular weight excluding hydrogens is 208 g/mol. The number of carbonyl (C=O) groups excluding carboxylic acids is 1. The van der Waals surface area contributed by atoms with Gasteiger partial charge in [0.25, 0.3) is 0 Å². The zero-order valence-corrected chi connectivity index (χ0v) is 9.98. The van der Waals surface area contributed by atoms with Gasteiger partial charge in [0.05, 0.1) is 11.9 Å². The Morgan fingerprint density at radius 3 is 2.80 bits per heavy atom. The van der Waals surface area contributed by atoms with Gasteiger partial charge in [-0.15, -0.1) is 11.8 Å². The number of rotatable bonds is 1. The molecule has 1 aromatic rings. The van der Waals surface area contributed by atoms with E-state index in [1.54, 1.807) is 18.9 Å². The monoisotopic (exact) mass is 222 g/mol. The SMILES string of the molecule is COc1cccc2c1CSC(C)(C)C2=O. The Labute approximate surface area is 94.0 Å². The van der Waals surface area contributed by atoms with Crippen LogP contribution in [0.3, 0.4) is 0 Å². The van der Waals surface area contributed by atoms with Crippen LogP contribution in [0.2, 0.25) is 0 Å². The second-order valence-corrected chi connectivity index (χ2v) is 5.71. The molecule has 2 rings (SSSR count). The van der Waals surface area contributed by atoms with Gasteiger partial charge in [0.1, 0.15) is 5.75 Å². The van der Waals surface area contributed by atoms with E-state index in [1.807, 2.05) is 32.0 Å². The zero-order chi connectivity index (χ0) is 11.1. The maximum atomic E-state index is 12.1. The average molecular weight is 222 g/mol. The van der Waals surface area contributed by atoms with Crippen molar-refractivity contribution in [3.8, 4) is 5.75 Å². The topological polar surface area (TPSA) is 26.3 Å². The second kappa shape index (κ2) is 3.56. The Balaban J connectivity index is 2.55. The minimum Gasteiger partial charge on any atom is -0.496 e. The van der Waals surface area contributed by atoms with Crippen molar-refractivity contribution in [2.24, 2.45) is 0 Å². The summed E-state index contributed by atoms with van der Waals surface area (Å²) in [7, 11) is 1.64. The lowest BCUT2D eigenvalue weighted by molar-refractivity contribution is 0.0954. The van der Waals surface area contributed by atoms with E-state index in [0.29, 0.717) is 0 Å². The number of benzene rings is 1. The van der Waals surface area contributed by atoms with Crippen molar-refractivity contribution in [1.82, 2.24) is 0 Å². The van der Waals surface area contributed by atoms with Crippen molar-refractivity contribution < 1.29 is 9.53 Å². The van der Waals surface area contributed by atoms with Crippen LogP contribution in [0.25, 0.3) is 0 Å². The molecule has 0 spiro atoms. The quantitative estimate of drug-likeness (QED) is 0.731. The highest BCUT2D eigenvalue weighted by molar-refractivity contribution is 8.00. The molecule has 1 heterocycles. The van der Waals surface area contributed by atoms with Crippen LogP contribution in [0.5, 0.6) is 5.75 Å². The maximum absolute atomic E-state index is 12.1. The fraction of sp³-hybridized carbons (Fsp3) is 0.417. The van der Waals surface area contributed by atoms with Gasteiger partial charge in [-0.1, -0.05) is 12.1 Å². The first-order valence-corrected chi connectivity index (χ1v) is 5.89. The second-order valence-electron chi connectivity index (χ2n) is 4.11. The predicted octanol–water partition coefficient (Wildman–Crippen LogP) is 2.90. The van der Waals surface area contributed by atoms with Crippen LogP contribution < -0.4 is 4.74 Å². The number of ketones is 1. The first kappa shape index (κ1) is 10.6. The molecule has 0 saturated carbocycles. The van der Waals surface area contributed by atoms with Crippen molar-refractivity contribution >= 4 is 17.5 Å². The molecular formula is C12H14O2S. The van der Waals surface area contributed by atoms with E-state index < -0.39 is 0 Å². The number of fused-ring (bicyclic) bond motifs is 1. The van der Waals surface area contributed by atoms with E-state index in [9.17, 15) is 4.79 Å². The van der Waals surface area contributed by atoms with Crippen LogP contribution in [0.15, 0.2) is 18.2 Å². The lowest BCUT2D eigenvalue weighted by Gasteiger charge is -2.29. The number of carbonyl (C=O) groups is 1. The summed E-state index contributed by atoms with van der Waals surface area (Å²) in [5.74, 6) is 1.87. The number of Topliss-reactive ketones (excluding diaryl/α,β-unsaturated/α-hetero) is 1. The van der Waals surface area contributed by atoms with Crippen molar-refractivity contribution in [1.29, 1.82) is 0 Å². The van der Waals surface area contributed by atoms with Crippen molar-refractivity contribution in [3.05, 3.63) is 29.3 Å². The molecule has 0 fully saturated rings. The third kappa shape index (κ3) is 1.65. The van der Waals surface area contributed by atoms with E-state index in [0.717, 1.165) is 22.6 Å². The molecule has 2 nitrogen and oxygen atoms in total. The average Bonchev–Trinajstić information content (AvgIpc) is 2.23. The molecule has 1 aliphatic rings. The molecule has 0 bridgehead atoms. The number of hydrogen-bond donors (Lipinski definition) is 0. The summed E-state index contributed by atoms with van der Waals surface area (Å²) in [6, 6.07) is 5.67. The summed E-state index contributed by atoms with van der Waals surface area (Å²) in [5, 5.41) is 0. The molecule has 0 atom stereocenters. The summed E-state index contributed by atoms with van der Waals surface area (Å²) in [4.78, 5) is 12.1. The van der Waals surface area contributed by atoms with Crippen LogP contribution in [-0.4, -0.2) is 17.6 Å². The maximum Gasteiger partial charge on any atom is 0.178 e. The van der Waals surface area contributed by atoms with Gasteiger partial charge >= 0.3 is 0 Å². The highest BCUT2D eigenvalue weighted by Gasteiger charge is 2.35. The molecule has 3 heteroatoms. The van der Waals surface area contributed by atoms with E-state index >= 15 is 0 Å². The summed E-state index contributed by atoms with van der Waals surface area (Å²) in [5.41, 5.74) is 1.85. The predicted molar refractivity (Wildman–Crippen MR) is 62.7 cm³/mol. The van der Waals surface area contributed by atoms with Gasteiger partial charge in [0.15, 0.2) is 5.78 Å². The summed E-state index contributed by atoms with van der Waals surface area (Å²) >= 11 is 1.67. The number of hydrogen-bond acceptors (Lipinski definition) is 3. The third-order valence-corrected chi connectivity index (χ3v) is 4.06. The standard InChI is InChI=1S/C12H14O2S/c1-12(2)11(13)8-5-4-6-10(14-3)9(8)7-15-12/h4-6H,7H2,1-3H3. The van der Waals surface area contributed by atoms with E-state index in [4.69, 9.17) is 4.74 Å². The molecule has 0 aromatic heterocycles. The van der Waals surface area contributed by atoms with Gasteiger partial charge in [0.2, 0.25) is 0 Å². The largest absolute Gasteiger partial charge is 0.496 e. The fourth-order valence-electron chi connectivity index (χ4n) is 1.76. The van der Waals surface area contributed by atoms with Gasteiger partial charge in [-0.05, 0) is 19.9 Å². The Morgan fingerprint density at radius 2 is 2.13 bits per heavy atom. The molecule has 0 radical (unpaired) electrons. The first-order chi connectivity index (χ1) is 7.06. The summed E-state index contributed by atoms with van der Waals surface area (Å²) in [6.07, 6.45) is 0. The van der Waals surface area contributed by atoms with Gasteiger partial charge < -0.3 is 4.74 Å². The molecule has 0 aliphatic carbocycles. The van der Waals surface area contributed by atoms with Crippen LogP contribution in [-0.2, 0) is 5.75 Å². The first-order valence-electron chi connectivity index (χ1n) is 4.91. The number of thioether (sulfide) groups is 1. The van der Waals surface area contributed by atoms with E-state index in [1.165, 1.54) is 0 Å². The number of ether oxygens (including phenoxy) is 1. The highest BCUT2D eigenvalue weighted by Crippen LogP contribution is 2.41. The molecule has 80 valence electrons. The van der Waals surface area contributed by atoms with E-state index in [2.05, 4.69) is 0 Å². The third-order valence-electron chi connectivity index (χ3n) is 2.72. The van der Waals surface area contributed by atoms with Crippen molar-refractivity contribution in [3.63, 3.8) is 0 Å². The van der Waals surface area contributed by atoms with Crippen molar-refractivity contribution in [2.45, 2.75) is 24.3 Å². The lowest BCUT2D eigenvalue weighted by Crippen LogP contribution is -2.32. The van der Waals surface area contributed by atoms with Crippen LogP contribution in [0.1, 0.15) is 29.8 Å². The normalized spacial score (nSPS) is 18.5. The van der Waals surface area contributed by atoms with Gasteiger partial charge in [0, 0.05) is 16.9 Å². The number of methoxy groups -OCH3 is 1. The fourth-order valence-corrected chi connectivity index (χ4v) is 2.80. The van der Waals surface area contributed by atoms with Gasteiger partial charge in [-0.25, -0.2) is 0 Å². The van der Waals surface area contributed by atoms with E-state index in [-0.39, 0.29) is 10.5 Å². The minimum absolute atomic E-state index is 0.202. The molecule has 0 saturated heterocycles.